The quantitative estimate of drug-likeness (QED) is 0.639. The molecule has 2 N–H and O–H groups in total. The molecule has 24 heavy (non-hydrogen) atoms. The fourth-order valence-electron chi connectivity index (χ4n) is 1.90. The Labute approximate surface area is 164 Å². The number of phenols is 1. The van der Waals surface area contributed by atoms with E-state index in [0.29, 0.717) is 5.02 Å². The van der Waals surface area contributed by atoms with E-state index in [1.54, 1.807) is 0 Å². The Morgan fingerprint density at radius 3 is 2.04 bits per heavy atom. The molecular weight excluding hydrogens is 439 g/mol. The van der Waals surface area contributed by atoms with E-state index in [4.69, 9.17) is 58.0 Å². The molecule has 0 saturated heterocycles. The lowest BCUT2D eigenvalue weighted by molar-refractivity contribution is 0.457. The average molecular weight is 450 g/mol. The third-order valence-electron chi connectivity index (χ3n) is 3.02. The molecule has 0 amide bonds. The summed E-state index contributed by atoms with van der Waals surface area (Å²) >= 11 is 29.3. The minimum atomic E-state index is -4.05. The van der Waals surface area contributed by atoms with Crippen LogP contribution >= 0.6 is 58.0 Å². The first-order chi connectivity index (χ1) is 11.0. The van der Waals surface area contributed by atoms with Crippen LogP contribution in [0.1, 0.15) is 11.6 Å². The Kier molecular flexibility index (Phi) is 6.19. The summed E-state index contributed by atoms with van der Waals surface area (Å²) in [6, 6.07) is 8.07. The second-order valence-corrected chi connectivity index (χ2v) is 9.71. The lowest BCUT2D eigenvalue weighted by Crippen LogP contribution is -2.36. The van der Waals surface area contributed by atoms with Gasteiger partial charge < -0.3 is 5.11 Å². The highest BCUT2D eigenvalue weighted by Crippen LogP contribution is 2.44. The largest absolute Gasteiger partial charge is 0.508 e. The van der Waals surface area contributed by atoms with Crippen LogP contribution in [0.2, 0.25) is 10.0 Å². The Balaban J connectivity index is 2.47. The van der Waals surface area contributed by atoms with Crippen LogP contribution in [-0.4, -0.2) is 17.3 Å². The predicted molar refractivity (Wildman–Crippen MR) is 97.9 cm³/mol. The number of rotatable bonds is 4. The molecule has 10 heteroatoms. The van der Waals surface area contributed by atoms with Crippen molar-refractivity contribution in [3.8, 4) is 5.75 Å². The standard InChI is InChI=1S/C14H10Cl5NO3S/c15-8-1-4-10(5-2-8)24(22,23)20-13(14(17,18)19)11-7-9(16)3-6-12(11)21/h1-7,13,20-21H. The molecular formula is C14H10Cl5NO3S. The van der Waals surface area contributed by atoms with Crippen LogP contribution in [0, 0.1) is 0 Å². The first kappa shape index (κ1) is 19.9. The van der Waals surface area contributed by atoms with Gasteiger partial charge in [0.05, 0.1) is 10.9 Å². The molecule has 0 aliphatic carbocycles. The lowest BCUT2D eigenvalue weighted by atomic mass is 10.1. The summed E-state index contributed by atoms with van der Waals surface area (Å²) in [5.74, 6) is -0.269. The zero-order valence-electron chi connectivity index (χ0n) is 11.7. The smallest absolute Gasteiger partial charge is 0.241 e. The van der Waals surface area contributed by atoms with Crippen LogP contribution in [0.15, 0.2) is 47.4 Å². The fraction of sp³-hybridized carbons (Fsp3) is 0.143. The summed E-state index contributed by atoms with van der Waals surface area (Å²) < 4.78 is 25.2. The Morgan fingerprint density at radius 1 is 0.958 bits per heavy atom. The number of hydrogen-bond acceptors (Lipinski definition) is 3. The number of sulfonamides is 1. The van der Waals surface area contributed by atoms with E-state index in [0.717, 1.165) is 0 Å². The summed E-state index contributed by atoms with van der Waals surface area (Å²) in [5.41, 5.74) is 0.0278. The van der Waals surface area contributed by atoms with Crippen molar-refractivity contribution < 1.29 is 13.5 Å². The van der Waals surface area contributed by atoms with Gasteiger partial charge >= 0.3 is 0 Å². The number of hydrogen-bond donors (Lipinski definition) is 2. The van der Waals surface area contributed by atoms with Gasteiger partial charge in [-0.1, -0.05) is 58.0 Å². The maximum atomic E-state index is 12.5. The number of alkyl halides is 3. The second-order valence-electron chi connectivity index (χ2n) is 4.75. The van der Waals surface area contributed by atoms with Crippen molar-refractivity contribution in [2.75, 3.05) is 0 Å². The van der Waals surface area contributed by atoms with E-state index < -0.39 is 19.9 Å². The third kappa shape index (κ3) is 4.82. The normalized spacial score (nSPS) is 13.7. The van der Waals surface area contributed by atoms with E-state index in [1.807, 2.05) is 0 Å². The first-order valence-corrected chi connectivity index (χ1v) is 9.71. The van der Waals surface area contributed by atoms with Crippen LogP contribution in [-0.2, 0) is 10.0 Å². The number of phenolic OH excluding ortho intramolecular Hbond substituents is 1. The zero-order valence-corrected chi connectivity index (χ0v) is 16.3. The predicted octanol–water partition coefficient (Wildman–Crippen LogP) is 5.09. The van der Waals surface area contributed by atoms with Crippen molar-refractivity contribution in [2.24, 2.45) is 0 Å². The molecule has 0 saturated carbocycles. The maximum absolute atomic E-state index is 12.5. The van der Waals surface area contributed by atoms with Crippen molar-refractivity contribution in [1.29, 1.82) is 0 Å². The van der Waals surface area contributed by atoms with E-state index in [-0.39, 0.29) is 21.2 Å². The van der Waals surface area contributed by atoms with Crippen molar-refractivity contribution in [2.45, 2.75) is 14.7 Å². The third-order valence-corrected chi connectivity index (χ3v) is 5.61. The Bertz CT molecular complexity index is 834. The van der Waals surface area contributed by atoms with Crippen molar-refractivity contribution in [3.63, 3.8) is 0 Å². The van der Waals surface area contributed by atoms with Gasteiger partial charge in [-0.2, -0.15) is 4.72 Å². The molecule has 130 valence electrons. The molecule has 1 atom stereocenters. The number of benzene rings is 2. The molecule has 2 rings (SSSR count). The molecule has 0 spiro atoms. The van der Waals surface area contributed by atoms with Gasteiger partial charge in [0.15, 0.2) is 0 Å². The molecule has 0 aliphatic heterocycles. The number of halogens is 5. The highest BCUT2D eigenvalue weighted by molar-refractivity contribution is 7.89. The van der Waals surface area contributed by atoms with E-state index >= 15 is 0 Å². The highest BCUT2D eigenvalue weighted by atomic mass is 35.6. The SMILES string of the molecule is O=S(=O)(NC(c1cc(Cl)ccc1O)C(Cl)(Cl)Cl)c1ccc(Cl)cc1. The van der Waals surface area contributed by atoms with Gasteiger partial charge in [0.2, 0.25) is 13.8 Å². The van der Waals surface area contributed by atoms with E-state index in [2.05, 4.69) is 4.72 Å². The highest BCUT2D eigenvalue weighted by Gasteiger charge is 2.39. The molecule has 2 aromatic rings. The summed E-state index contributed by atoms with van der Waals surface area (Å²) in [6.07, 6.45) is 0. The Hall–Kier alpha value is -0.400. The van der Waals surface area contributed by atoms with Crippen LogP contribution in [0.25, 0.3) is 0 Å². The molecule has 0 heterocycles. The maximum Gasteiger partial charge on any atom is 0.241 e. The van der Waals surface area contributed by atoms with Crippen LogP contribution in [0.3, 0.4) is 0 Å². The summed E-state index contributed by atoms with van der Waals surface area (Å²) in [7, 11) is -4.05. The van der Waals surface area contributed by atoms with Crippen LogP contribution in [0.4, 0.5) is 0 Å². The second kappa shape index (κ2) is 7.46. The lowest BCUT2D eigenvalue weighted by Gasteiger charge is -2.26. The molecule has 4 nitrogen and oxygen atoms in total. The average Bonchev–Trinajstić information content (AvgIpc) is 2.47. The van der Waals surface area contributed by atoms with Gasteiger partial charge in [0.1, 0.15) is 5.75 Å². The molecule has 0 aliphatic rings. The van der Waals surface area contributed by atoms with Gasteiger partial charge in [-0.15, -0.1) is 0 Å². The summed E-state index contributed by atoms with van der Waals surface area (Å²) in [5, 5.41) is 10.6. The van der Waals surface area contributed by atoms with E-state index in [9.17, 15) is 13.5 Å². The summed E-state index contributed by atoms with van der Waals surface area (Å²) in [4.78, 5) is -0.0762. The summed E-state index contributed by atoms with van der Waals surface area (Å²) in [6.45, 7) is 0. The van der Waals surface area contributed by atoms with Crippen LogP contribution < -0.4 is 4.72 Å². The van der Waals surface area contributed by atoms with Gasteiger partial charge in [-0.25, -0.2) is 8.42 Å². The molecule has 2 aromatic carbocycles. The van der Waals surface area contributed by atoms with Crippen molar-refractivity contribution in [3.05, 3.63) is 58.1 Å². The number of aromatic hydroxyl groups is 1. The zero-order chi connectivity index (χ0) is 18.1. The molecule has 1 unspecified atom stereocenters. The fourth-order valence-corrected chi connectivity index (χ4v) is 4.16. The van der Waals surface area contributed by atoms with Crippen molar-refractivity contribution in [1.82, 2.24) is 4.72 Å². The topological polar surface area (TPSA) is 66.4 Å². The monoisotopic (exact) mass is 447 g/mol. The molecule has 0 bridgehead atoms. The van der Waals surface area contributed by atoms with Crippen molar-refractivity contribution >= 4 is 68.0 Å². The van der Waals surface area contributed by atoms with Crippen LogP contribution in [0.5, 0.6) is 5.75 Å². The van der Waals surface area contributed by atoms with Gasteiger partial charge in [0, 0.05) is 15.6 Å². The first-order valence-electron chi connectivity index (χ1n) is 6.34. The van der Waals surface area contributed by atoms with E-state index in [1.165, 1.54) is 42.5 Å². The Morgan fingerprint density at radius 2 is 1.50 bits per heavy atom. The minimum Gasteiger partial charge on any atom is -0.508 e. The minimum absolute atomic E-state index is 0.0278. The molecule has 0 radical (unpaired) electrons. The van der Waals surface area contributed by atoms with Gasteiger partial charge in [-0.05, 0) is 42.5 Å². The van der Waals surface area contributed by atoms with Gasteiger partial charge in [-0.3, -0.25) is 0 Å². The molecule has 0 aromatic heterocycles. The van der Waals surface area contributed by atoms with Gasteiger partial charge in [0.25, 0.3) is 0 Å². The number of nitrogens with one attached hydrogen (secondary N) is 1. The molecule has 0 fully saturated rings.